The molecule has 21 heavy (non-hydrogen) atoms. The highest BCUT2D eigenvalue weighted by molar-refractivity contribution is 5.84. The maximum Gasteiger partial charge on any atom is 0.258 e. The fourth-order valence-corrected chi connectivity index (χ4v) is 1.94. The first-order valence-corrected chi connectivity index (χ1v) is 6.20. The Morgan fingerprint density at radius 2 is 1.86 bits per heavy atom. The van der Waals surface area contributed by atoms with Crippen LogP contribution in [0, 0.1) is 18.6 Å². The van der Waals surface area contributed by atoms with Crippen LogP contribution in [0.5, 0.6) is 11.6 Å². The number of nitrogens with two attached hydrogens (primary N) is 1. The number of aryl methyl sites for hydroxylation is 1. The molecular formula is C15H11F2N3O. The van der Waals surface area contributed by atoms with Gasteiger partial charge in [0.15, 0.2) is 23.2 Å². The van der Waals surface area contributed by atoms with Crippen LogP contribution in [0.25, 0.3) is 10.9 Å². The van der Waals surface area contributed by atoms with Gasteiger partial charge in [-0.1, -0.05) is 18.2 Å². The summed E-state index contributed by atoms with van der Waals surface area (Å²) in [6.45, 7) is 1.84. The molecule has 0 aliphatic carbocycles. The molecule has 0 unspecified atom stereocenters. The van der Waals surface area contributed by atoms with Crippen molar-refractivity contribution in [2.24, 2.45) is 0 Å². The summed E-state index contributed by atoms with van der Waals surface area (Å²) in [5.74, 6) is -2.33. The van der Waals surface area contributed by atoms with Gasteiger partial charge in [-0.15, -0.1) is 0 Å². The van der Waals surface area contributed by atoms with Gasteiger partial charge < -0.3 is 10.5 Å². The molecule has 0 fully saturated rings. The molecule has 0 radical (unpaired) electrons. The smallest absolute Gasteiger partial charge is 0.258 e. The minimum atomic E-state index is -0.925. The minimum absolute atomic E-state index is 0.327. The topological polar surface area (TPSA) is 61.0 Å². The first-order valence-electron chi connectivity index (χ1n) is 6.20. The summed E-state index contributed by atoms with van der Waals surface area (Å²) >= 11 is 0. The number of ether oxygens (including phenoxy) is 1. The molecular weight excluding hydrogens is 276 g/mol. The van der Waals surface area contributed by atoms with E-state index in [1.54, 1.807) is 12.1 Å². The number of halogens is 2. The van der Waals surface area contributed by atoms with Gasteiger partial charge in [0, 0.05) is 17.1 Å². The second-order valence-corrected chi connectivity index (χ2v) is 4.52. The highest BCUT2D eigenvalue weighted by Gasteiger charge is 2.13. The van der Waals surface area contributed by atoms with E-state index in [0.717, 1.165) is 11.1 Å². The number of rotatable bonds is 2. The van der Waals surface area contributed by atoms with Crippen molar-refractivity contribution in [1.82, 2.24) is 9.97 Å². The van der Waals surface area contributed by atoms with E-state index in [1.807, 2.05) is 25.1 Å². The van der Waals surface area contributed by atoms with Crippen LogP contribution in [0.4, 0.5) is 14.6 Å². The first kappa shape index (κ1) is 13.2. The maximum atomic E-state index is 13.7. The Hall–Kier alpha value is -2.76. The number of pyridine rings is 2. The Morgan fingerprint density at radius 3 is 2.67 bits per heavy atom. The van der Waals surface area contributed by atoms with Gasteiger partial charge in [0.25, 0.3) is 5.88 Å². The van der Waals surface area contributed by atoms with Crippen molar-refractivity contribution in [3.05, 3.63) is 53.7 Å². The van der Waals surface area contributed by atoms with Crippen LogP contribution >= 0.6 is 0 Å². The van der Waals surface area contributed by atoms with E-state index >= 15 is 0 Å². The monoisotopic (exact) mass is 287 g/mol. The van der Waals surface area contributed by atoms with Crippen LogP contribution in [-0.4, -0.2) is 9.97 Å². The molecule has 0 aliphatic rings. The van der Waals surface area contributed by atoms with E-state index in [4.69, 9.17) is 10.5 Å². The van der Waals surface area contributed by atoms with E-state index in [0.29, 0.717) is 17.3 Å². The third-order valence-corrected chi connectivity index (χ3v) is 2.95. The largest absolute Gasteiger partial charge is 0.434 e. The zero-order valence-electron chi connectivity index (χ0n) is 11.1. The summed E-state index contributed by atoms with van der Waals surface area (Å²) in [5, 5.41) is 0.841. The second-order valence-electron chi connectivity index (χ2n) is 4.52. The van der Waals surface area contributed by atoms with Crippen molar-refractivity contribution in [2.45, 2.75) is 6.92 Å². The average molecular weight is 287 g/mol. The van der Waals surface area contributed by atoms with Gasteiger partial charge in [0.05, 0.1) is 0 Å². The summed E-state index contributed by atoms with van der Waals surface area (Å²) in [7, 11) is 0. The zero-order valence-corrected chi connectivity index (χ0v) is 11.1. The maximum absolute atomic E-state index is 13.7. The summed E-state index contributed by atoms with van der Waals surface area (Å²) in [6.07, 6.45) is 0. The lowest BCUT2D eigenvalue weighted by Crippen LogP contribution is -2.00. The number of aromatic nitrogens is 2. The molecule has 4 nitrogen and oxygen atoms in total. The van der Waals surface area contributed by atoms with Crippen molar-refractivity contribution in [1.29, 1.82) is 0 Å². The Bertz CT molecular complexity index is 837. The zero-order chi connectivity index (χ0) is 15.0. The van der Waals surface area contributed by atoms with Gasteiger partial charge in [-0.3, -0.25) is 0 Å². The Kier molecular flexibility index (Phi) is 3.13. The van der Waals surface area contributed by atoms with E-state index in [-0.39, 0.29) is 5.88 Å². The SMILES string of the molecule is Cc1ccc2cccc(Oc3nc(N)c(F)cc3F)c2n1. The average Bonchev–Trinajstić information content (AvgIpc) is 2.45. The normalized spacial score (nSPS) is 10.8. The molecule has 0 amide bonds. The van der Waals surface area contributed by atoms with Crippen molar-refractivity contribution in [2.75, 3.05) is 5.73 Å². The lowest BCUT2D eigenvalue weighted by Gasteiger charge is -2.09. The predicted molar refractivity (Wildman–Crippen MR) is 75.1 cm³/mol. The number of hydrogen-bond acceptors (Lipinski definition) is 4. The predicted octanol–water partition coefficient (Wildman–Crippen LogP) is 3.59. The van der Waals surface area contributed by atoms with E-state index < -0.39 is 17.5 Å². The van der Waals surface area contributed by atoms with Crippen molar-refractivity contribution in [3.63, 3.8) is 0 Å². The fourth-order valence-electron chi connectivity index (χ4n) is 1.94. The molecule has 0 spiro atoms. The van der Waals surface area contributed by atoms with Crippen molar-refractivity contribution >= 4 is 16.7 Å². The van der Waals surface area contributed by atoms with Gasteiger partial charge in [-0.25, -0.2) is 13.8 Å². The number of hydrogen-bond donors (Lipinski definition) is 1. The number of benzene rings is 1. The number of fused-ring (bicyclic) bond motifs is 1. The molecule has 1 aromatic carbocycles. The van der Waals surface area contributed by atoms with Crippen LogP contribution < -0.4 is 10.5 Å². The van der Waals surface area contributed by atoms with Crippen molar-refractivity contribution in [3.8, 4) is 11.6 Å². The highest BCUT2D eigenvalue weighted by Crippen LogP contribution is 2.30. The molecule has 0 saturated carbocycles. The van der Waals surface area contributed by atoms with Crippen LogP contribution in [0.1, 0.15) is 5.69 Å². The fraction of sp³-hybridized carbons (Fsp3) is 0.0667. The molecule has 0 saturated heterocycles. The van der Waals surface area contributed by atoms with E-state index in [1.165, 1.54) is 0 Å². The van der Waals surface area contributed by atoms with Gasteiger partial charge in [-0.2, -0.15) is 4.98 Å². The molecule has 2 heterocycles. The number of para-hydroxylation sites is 1. The molecule has 106 valence electrons. The molecule has 6 heteroatoms. The minimum Gasteiger partial charge on any atom is -0.434 e. The lowest BCUT2D eigenvalue weighted by atomic mass is 10.2. The molecule has 2 aromatic heterocycles. The summed E-state index contributed by atoms with van der Waals surface area (Å²) in [4.78, 5) is 7.94. The van der Waals surface area contributed by atoms with Crippen LogP contribution in [-0.2, 0) is 0 Å². The molecule has 0 bridgehead atoms. The Balaban J connectivity index is 2.10. The number of nitrogen functional groups attached to an aromatic ring is 1. The summed E-state index contributed by atoms with van der Waals surface area (Å²) in [5.41, 5.74) is 6.70. The molecule has 3 rings (SSSR count). The summed E-state index contributed by atoms with van der Waals surface area (Å²) < 4.78 is 32.2. The first-order chi connectivity index (χ1) is 10.0. The van der Waals surface area contributed by atoms with Gasteiger partial charge in [-0.05, 0) is 19.1 Å². The Labute approximate surface area is 119 Å². The third-order valence-electron chi connectivity index (χ3n) is 2.95. The standard InChI is InChI=1S/C15H11F2N3O/c1-8-5-6-9-3-2-4-12(13(9)19-8)21-15-11(17)7-10(16)14(18)20-15/h2-7H,1H3,(H2,18,20). The Morgan fingerprint density at radius 1 is 1.05 bits per heavy atom. The van der Waals surface area contributed by atoms with Gasteiger partial charge in [0.2, 0.25) is 0 Å². The number of nitrogens with zero attached hydrogens (tertiary/aromatic N) is 2. The van der Waals surface area contributed by atoms with Gasteiger partial charge in [0.1, 0.15) is 5.52 Å². The highest BCUT2D eigenvalue weighted by atomic mass is 19.1. The lowest BCUT2D eigenvalue weighted by molar-refractivity contribution is 0.421. The third kappa shape index (κ3) is 2.47. The molecule has 0 atom stereocenters. The molecule has 2 N–H and O–H groups in total. The van der Waals surface area contributed by atoms with Gasteiger partial charge >= 0.3 is 0 Å². The van der Waals surface area contributed by atoms with Crippen LogP contribution in [0.2, 0.25) is 0 Å². The second kappa shape index (κ2) is 4.97. The van der Waals surface area contributed by atoms with Crippen LogP contribution in [0.15, 0.2) is 36.4 Å². The quantitative estimate of drug-likeness (QED) is 0.782. The number of anilines is 1. The summed E-state index contributed by atoms with van der Waals surface area (Å²) in [6, 6.07) is 9.63. The molecule has 0 aliphatic heterocycles. The van der Waals surface area contributed by atoms with Crippen LogP contribution in [0.3, 0.4) is 0 Å². The molecule has 3 aromatic rings. The van der Waals surface area contributed by atoms with E-state index in [2.05, 4.69) is 9.97 Å². The van der Waals surface area contributed by atoms with Crippen molar-refractivity contribution < 1.29 is 13.5 Å². The van der Waals surface area contributed by atoms with E-state index in [9.17, 15) is 8.78 Å².